The van der Waals surface area contributed by atoms with Crippen LogP contribution in [0.15, 0.2) is 0 Å². The molecule has 0 amide bonds. The largest absolute Gasteiger partial charge is 0.391 e. The van der Waals surface area contributed by atoms with Crippen LogP contribution < -0.4 is 0 Å². The smallest absolute Gasteiger partial charge is 0.171 e. The Morgan fingerprint density at radius 3 is 2.00 bits per heavy atom. The minimum Gasteiger partial charge on any atom is -0.171 e. The monoisotopic (exact) mass is 468 g/mol. The van der Waals surface area contributed by atoms with Gasteiger partial charge in [-0.1, -0.05) is 34.6 Å². The number of halogens is 6. The third-order valence-corrected chi connectivity index (χ3v) is 10.3. The van der Waals surface area contributed by atoms with E-state index in [9.17, 15) is 26.3 Å². The number of rotatable bonds is 2. The van der Waals surface area contributed by atoms with Gasteiger partial charge in [0.25, 0.3) is 0 Å². The molecule has 4 aliphatic rings. The first-order chi connectivity index (χ1) is 14.8. The van der Waals surface area contributed by atoms with Crippen molar-refractivity contribution in [3.63, 3.8) is 0 Å². The van der Waals surface area contributed by atoms with Gasteiger partial charge in [-0.25, -0.2) is 0 Å². The average molecular weight is 469 g/mol. The molecule has 0 N–H and O–H groups in total. The Morgan fingerprint density at radius 1 is 0.781 bits per heavy atom. The fourth-order valence-corrected chi connectivity index (χ4v) is 9.05. The second-order valence-corrected chi connectivity index (χ2v) is 11.4. The number of hydrogen-bond acceptors (Lipinski definition) is 0. The summed E-state index contributed by atoms with van der Waals surface area (Å²) in [5.74, 6) is 1.59. The zero-order valence-electron chi connectivity index (χ0n) is 20.3. The van der Waals surface area contributed by atoms with E-state index < -0.39 is 24.7 Å². The third kappa shape index (κ3) is 4.72. The number of alkyl halides is 6. The molecule has 10 atom stereocenters. The first-order valence-corrected chi connectivity index (χ1v) is 13.0. The van der Waals surface area contributed by atoms with Gasteiger partial charge in [0.1, 0.15) is 0 Å². The van der Waals surface area contributed by atoms with Crippen LogP contribution in [0.25, 0.3) is 0 Å². The first-order valence-electron chi connectivity index (χ1n) is 13.0. The molecule has 0 bridgehead atoms. The minimum atomic E-state index is -4.11. The van der Waals surface area contributed by atoms with Gasteiger partial charge in [-0.05, 0) is 104 Å². The molecule has 0 aliphatic heterocycles. The highest BCUT2D eigenvalue weighted by molar-refractivity contribution is 5.09. The van der Waals surface area contributed by atoms with Gasteiger partial charge in [0, 0.05) is 6.42 Å². The Kier molecular flexibility index (Phi) is 7.63. The van der Waals surface area contributed by atoms with Crippen molar-refractivity contribution >= 4 is 0 Å². The van der Waals surface area contributed by atoms with Gasteiger partial charge in [0.15, 0.2) is 0 Å². The van der Waals surface area contributed by atoms with Crippen LogP contribution in [0.4, 0.5) is 26.3 Å². The van der Waals surface area contributed by atoms with Crippen molar-refractivity contribution in [1.29, 1.82) is 0 Å². The second kappa shape index (κ2) is 9.32. The lowest BCUT2D eigenvalue weighted by Crippen LogP contribution is -2.50. The van der Waals surface area contributed by atoms with Gasteiger partial charge >= 0.3 is 12.4 Å². The maximum Gasteiger partial charge on any atom is 0.391 e. The number of hydrogen-bond donors (Lipinski definition) is 0. The quantitative estimate of drug-likeness (QED) is 0.354. The zero-order chi connectivity index (χ0) is 24.1. The number of fused-ring (bicyclic) bond motifs is 5. The average Bonchev–Trinajstić information content (AvgIpc) is 2.91. The lowest BCUT2D eigenvalue weighted by molar-refractivity contribution is -0.196. The van der Waals surface area contributed by atoms with Gasteiger partial charge in [0.2, 0.25) is 0 Å². The molecule has 0 aromatic carbocycles. The molecule has 32 heavy (non-hydrogen) atoms. The molecule has 0 nitrogen and oxygen atoms in total. The van der Waals surface area contributed by atoms with Crippen LogP contribution in [-0.4, -0.2) is 12.4 Å². The van der Waals surface area contributed by atoms with Crippen molar-refractivity contribution in [1.82, 2.24) is 0 Å². The van der Waals surface area contributed by atoms with Gasteiger partial charge in [-0.15, -0.1) is 0 Å². The van der Waals surface area contributed by atoms with Crippen molar-refractivity contribution in [2.24, 2.45) is 58.7 Å². The topological polar surface area (TPSA) is 0 Å². The maximum atomic E-state index is 13.3. The van der Waals surface area contributed by atoms with Crippen molar-refractivity contribution in [3.8, 4) is 0 Å². The highest BCUT2D eigenvalue weighted by atomic mass is 19.4. The van der Waals surface area contributed by atoms with Crippen molar-refractivity contribution in [3.05, 3.63) is 0 Å². The molecule has 0 heterocycles. The Hall–Kier alpha value is -0.420. The second-order valence-electron chi connectivity index (χ2n) is 11.4. The molecule has 8 unspecified atom stereocenters. The molecule has 0 aromatic rings. The predicted molar refractivity (Wildman–Crippen MR) is 116 cm³/mol. The van der Waals surface area contributed by atoms with E-state index in [-0.39, 0.29) is 36.0 Å². The molecular weight excluding hydrogens is 426 g/mol. The molecule has 0 spiro atoms. The maximum absolute atomic E-state index is 13.3. The SMILES string of the molecule is CC.C[C@@H]1C(CCC(F)(F)F)C2(C)CCC3C4CCC(C(F)(F)F)CC4CCC3C2[C@@H]1C. The molecule has 0 aromatic heterocycles. The summed E-state index contributed by atoms with van der Waals surface area (Å²) in [7, 11) is 0. The fraction of sp³-hybridized carbons (Fsp3) is 1.00. The van der Waals surface area contributed by atoms with Crippen molar-refractivity contribution in [2.75, 3.05) is 0 Å². The summed E-state index contributed by atoms with van der Waals surface area (Å²) in [6.07, 6.45) is -3.64. The Bertz CT molecular complexity index is 625. The van der Waals surface area contributed by atoms with Crippen molar-refractivity contribution in [2.45, 2.75) is 105 Å². The van der Waals surface area contributed by atoms with E-state index >= 15 is 0 Å². The highest BCUT2D eigenvalue weighted by Crippen LogP contribution is 2.68. The summed E-state index contributed by atoms with van der Waals surface area (Å²) in [4.78, 5) is 0. The lowest BCUT2D eigenvalue weighted by atomic mass is 9.48. The van der Waals surface area contributed by atoms with Crippen LogP contribution in [-0.2, 0) is 0 Å². The Balaban J connectivity index is 0.00000141. The zero-order valence-corrected chi connectivity index (χ0v) is 20.3. The predicted octanol–water partition coefficient (Wildman–Crippen LogP) is 9.29. The van der Waals surface area contributed by atoms with Crippen LogP contribution in [0.3, 0.4) is 0 Å². The summed E-state index contributed by atoms with van der Waals surface area (Å²) in [6, 6.07) is 0. The van der Waals surface area contributed by atoms with Crippen molar-refractivity contribution < 1.29 is 26.3 Å². The Labute approximate surface area is 190 Å². The molecule has 188 valence electrons. The fourth-order valence-electron chi connectivity index (χ4n) is 9.05. The van der Waals surface area contributed by atoms with Crippen LogP contribution in [0.5, 0.6) is 0 Å². The van der Waals surface area contributed by atoms with E-state index in [1.54, 1.807) is 0 Å². The van der Waals surface area contributed by atoms with Crippen LogP contribution in [0, 0.1) is 58.7 Å². The first kappa shape index (κ1) is 26.2. The standard InChI is InChI=1S/C24H36F6.C2H6/c1-13-14(2)21-19-6-4-15-12-16(24(28,29)30)5-7-17(15)18(19)8-10-22(21,3)20(13)9-11-23(25,26)27;1-2/h13-21H,4-12H2,1-3H3;1-2H3/t13-,14+,15?,16?,17?,18?,19?,20?,21?,22?;/m0./s1. The van der Waals surface area contributed by atoms with E-state index in [4.69, 9.17) is 0 Å². The molecule has 4 fully saturated rings. The van der Waals surface area contributed by atoms with Gasteiger partial charge < -0.3 is 0 Å². The normalized spacial score (nSPS) is 46.4. The van der Waals surface area contributed by atoms with Gasteiger partial charge in [-0.3, -0.25) is 0 Å². The van der Waals surface area contributed by atoms with E-state index in [2.05, 4.69) is 20.8 Å². The van der Waals surface area contributed by atoms with Crippen LogP contribution >= 0.6 is 0 Å². The van der Waals surface area contributed by atoms with Gasteiger partial charge in [-0.2, -0.15) is 26.3 Å². The molecule has 4 aliphatic carbocycles. The molecular formula is C26H42F6. The molecule has 0 saturated heterocycles. The van der Waals surface area contributed by atoms with Gasteiger partial charge in [0.05, 0.1) is 5.92 Å². The molecule has 0 radical (unpaired) electrons. The molecule has 4 rings (SSSR count). The van der Waals surface area contributed by atoms with E-state index in [1.165, 1.54) is 0 Å². The summed E-state index contributed by atoms with van der Waals surface area (Å²) >= 11 is 0. The highest BCUT2D eigenvalue weighted by Gasteiger charge is 2.62. The minimum absolute atomic E-state index is 0.0543. The lowest BCUT2D eigenvalue weighted by Gasteiger charge is -2.57. The third-order valence-electron chi connectivity index (χ3n) is 10.3. The Morgan fingerprint density at radius 2 is 1.41 bits per heavy atom. The molecule has 4 saturated carbocycles. The van der Waals surface area contributed by atoms with E-state index in [0.29, 0.717) is 42.4 Å². The van der Waals surface area contributed by atoms with Crippen LogP contribution in [0.2, 0.25) is 0 Å². The van der Waals surface area contributed by atoms with E-state index in [0.717, 1.165) is 25.7 Å². The summed E-state index contributed by atoms with van der Waals surface area (Å²) < 4.78 is 78.7. The summed E-state index contributed by atoms with van der Waals surface area (Å²) in [5, 5.41) is 0. The summed E-state index contributed by atoms with van der Waals surface area (Å²) in [6.45, 7) is 10.6. The summed E-state index contributed by atoms with van der Waals surface area (Å²) in [5.41, 5.74) is -0.0543. The van der Waals surface area contributed by atoms with E-state index in [1.807, 2.05) is 13.8 Å². The molecule has 6 heteroatoms. The van der Waals surface area contributed by atoms with Crippen LogP contribution in [0.1, 0.15) is 92.4 Å².